The van der Waals surface area contributed by atoms with Gasteiger partial charge in [-0.05, 0) is 30.5 Å². The van der Waals surface area contributed by atoms with Gasteiger partial charge in [0, 0.05) is 6.42 Å². The van der Waals surface area contributed by atoms with Gasteiger partial charge in [-0.15, -0.1) is 0 Å². The Hall–Kier alpha value is -1.64. The second kappa shape index (κ2) is 6.69. The molecule has 2 rings (SSSR count). The van der Waals surface area contributed by atoms with E-state index in [1.807, 2.05) is 32.0 Å². The molecule has 0 unspecified atom stereocenters. The highest BCUT2D eigenvalue weighted by molar-refractivity contribution is 5.23. The lowest BCUT2D eigenvalue weighted by Crippen LogP contribution is -2.21. The fourth-order valence-corrected chi connectivity index (χ4v) is 2.11. The number of benzene rings is 2. The molecule has 0 atom stereocenters. The van der Waals surface area contributed by atoms with Gasteiger partial charge in [0.1, 0.15) is 0 Å². The van der Waals surface area contributed by atoms with E-state index in [0.29, 0.717) is 19.6 Å². The second-order valence-electron chi connectivity index (χ2n) is 5.78. The predicted molar refractivity (Wildman–Crippen MR) is 81.4 cm³/mol. The van der Waals surface area contributed by atoms with E-state index >= 15 is 0 Å². The Morgan fingerprint density at radius 3 is 1.85 bits per heavy atom. The van der Waals surface area contributed by atoms with Crippen LogP contribution in [0.15, 0.2) is 54.6 Å². The molecule has 0 saturated carbocycles. The Labute approximate surface area is 121 Å². The van der Waals surface area contributed by atoms with E-state index in [4.69, 9.17) is 4.74 Å². The van der Waals surface area contributed by atoms with E-state index in [9.17, 15) is 5.11 Å². The van der Waals surface area contributed by atoms with Crippen molar-refractivity contribution in [3.05, 3.63) is 71.3 Å². The van der Waals surface area contributed by atoms with Gasteiger partial charge in [-0.2, -0.15) is 0 Å². The highest BCUT2D eigenvalue weighted by Gasteiger charge is 2.12. The third-order valence-electron chi connectivity index (χ3n) is 3.04. The van der Waals surface area contributed by atoms with Crippen LogP contribution in [-0.4, -0.2) is 10.7 Å². The lowest BCUT2D eigenvalue weighted by atomic mass is 9.98. The first-order valence-corrected chi connectivity index (χ1v) is 6.95. The molecular formula is C18H22O2. The average Bonchev–Trinajstić information content (AvgIpc) is 2.40. The van der Waals surface area contributed by atoms with Gasteiger partial charge in [-0.3, -0.25) is 0 Å². The average molecular weight is 270 g/mol. The minimum Gasteiger partial charge on any atom is -0.390 e. The van der Waals surface area contributed by atoms with Crippen molar-refractivity contribution in [2.45, 2.75) is 39.1 Å². The van der Waals surface area contributed by atoms with E-state index in [1.54, 1.807) is 0 Å². The molecule has 0 saturated heterocycles. The summed E-state index contributed by atoms with van der Waals surface area (Å²) in [6.45, 7) is 4.89. The summed E-state index contributed by atoms with van der Waals surface area (Å²) in [4.78, 5) is 0. The molecule has 2 nitrogen and oxygen atoms in total. The molecule has 0 aromatic heterocycles. The van der Waals surface area contributed by atoms with Crippen LogP contribution >= 0.6 is 0 Å². The summed E-state index contributed by atoms with van der Waals surface area (Å²) in [6, 6.07) is 18.4. The van der Waals surface area contributed by atoms with Crippen LogP contribution in [0.4, 0.5) is 0 Å². The molecular weight excluding hydrogens is 248 g/mol. The smallest absolute Gasteiger partial charge is 0.0721 e. The van der Waals surface area contributed by atoms with Gasteiger partial charge >= 0.3 is 0 Å². The molecule has 106 valence electrons. The van der Waals surface area contributed by atoms with Crippen molar-refractivity contribution in [1.29, 1.82) is 0 Å². The molecule has 1 N–H and O–H groups in total. The maximum absolute atomic E-state index is 9.78. The summed E-state index contributed by atoms with van der Waals surface area (Å²) in [5.74, 6) is 0. The zero-order valence-electron chi connectivity index (χ0n) is 12.2. The summed E-state index contributed by atoms with van der Waals surface area (Å²) in [6.07, 6.45) is 0.665. The normalized spacial score (nSPS) is 11.6. The van der Waals surface area contributed by atoms with Gasteiger partial charge in [0.05, 0.1) is 18.8 Å². The topological polar surface area (TPSA) is 29.5 Å². The highest BCUT2D eigenvalue weighted by atomic mass is 16.5. The standard InChI is InChI=1S/C18H22O2/c1-18(2,19)12-15-8-10-17(11-9-15)14-20-13-16-6-4-3-5-7-16/h3-11,19H,12-14H2,1-2H3. The maximum atomic E-state index is 9.78. The summed E-state index contributed by atoms with van der Waals surface area (Å²) in [7, 11) is 0. The molecule has 2 aromatic rings. The van der Waals surface area contributed by atoms with E-state index in [1.165, 1.54) is 5.56 Å². The monoisotopic (exact) mass is 270 g/mol. The Morgan fingerprint density at radius 1 is 0.800 bits per heavy atom. The number of hydrogen-bond donors (Lipinski definition) is 1. The van der Waals surface area contributed by atoms with Crippen LogP contribution in [0, 0.1) is 0 Å². The quantitative estimate of drug-likeness (QED) is 0.867. The molecule has 0 heterocycles. The number of aliphatic hydroxyl groups is 1. The van der Waals surface area contributed by atoms with E-state index in [2.05, 4.69) is 36.4 Å². The van der Waals surface area contributed by atoms with Crippen LogP contribution in [-0.2, 0) is 24.4 Å². The Kier molecular flexibility index (Phi) is 4.94. The molecule has 0 aliphatic rings. The molecule has 0 aliphatic carbocycles. The summed E-state index contributed by atoms with van der Waals surface area (Å²) < 4.78 is 5.70. The van der Waals surface area contributed by atoms with Crippen LogP contribution in [0.25, 0.3) is 0 Å². The first-order valence-electron chi connectivity index (χ1n) is 6.95. The molecule has 0 fully saturated rings. The van der Waals surface area contributed by atoms with E-state index in [-0.39, 0.29) is 0 Å². The molecule has 0 amide bonds. The van der Waals surface area contributed by atoms with E-state index in [0.717, 1.165) is 11.1 Å². The lowest BCUT2D eigenvalue weighted by Gasteiger charge is -2.17. The molecule has 0 radical (unpaired) electrons. The third kappa shape index (κ3) is 5.16. The summed E-state index contributed by atoms with van der Waals surface area (Å²) in [5.41, 5.74) is 2.82. The second-order valence-corrected chi connectivity index (χ2v) is 5.78. The Balaban J connectivity index is 1.82. The minimum atomic E-state index is -0.661. The van der Waals surface area contributed by atoms with Crippen molar-refractivity contribution in [3.8, 4) is 0 Å². The first kappa shape index (κ1) is 14.8. The Bertz CT molecular complexity index is 509. The highest BCUT2D eigenvalue weighted by Crippen LogP contribution is 2.14. The molecule has 0 aliphatic heterocycles. The van der Waals surface area contributed by atoms with Crippen LogP contribution in [0.3, 0.4) is 0 Å². The van der Waals surface area contributed by atoms with Crippen molar-refractivity contribution in [2.75, 3.05) is 0 Å². The van der Waals surface area contributed by atoms with Gasteiger partial charge in [-0.1, -0.05) is 54.6 Å². The van der Waals surface area contributed by atoms with Crippen molar-refractivity contribution in [2.24, 2.45) is 0 Å². The minimum absolute atomic E-state index is 0.609. The van der Waals surface area contributed by atoms with Gasteiger partial charge in [0.15, 0.2) is 0 Å². The zero-order valence-corrected chi connectivity index (χ0v) is 12.2. The lowest BCUT2D eigenvalue weighted by molar-refractivity contribution is 0.0809. The summed E-state index contributed by atoms with van der Waals surface area (Å²) in [5, 5.41) is 9.78. The summed E-state index contributed by atoms with van der Waals surface area (Å²) >= 11 is 0. The van der Waals surface area contributed by atoms with Crippen molar-refractivity contribution >= 4 is 0 Å². The third-order valence-corrected chi connectivity index (χ3v) is 3.04. The maximum Gasteiger partial charge on any atom is 0.0721 e. The van der Waals surface area contributed by atoms with Gasteiger partial charge in [0.2, 0.25) is 0 Å². The molecule has 20 heavy (non-hydrogen) atoms. The molecule has 0 bridgehead atoms. The molecule has 2 heteroatoms. The van der Waals surface area contributed by atoms with Gasteiger partial charge < -0.3 is 9.84 Å². The first-order chi connectivity index (χ1) is 9.53. The number of ether oxygens (including phenoxy) is 1. The van der Waals surface area contributed by atoms with Gasteiger partial charge in [0.25, 0.3) is 0 Å². The number of hydrogen-bond acceptors (Lipinski definition) is 2. The Morgan fingerprint density at radius 2 is 1.30 bits per heavy atom. The predicted octanol–water partition coefficient (Wildman–Crippen LogP) is 3.72. The van der Waals surface area contributed by atoms with Crippen molar-refractivity contribution in [3.63, 3.8) is 0 Å². The zero-order chi connectivity index (χ0) is 14.4. The SMILES string of the molecule is CC(C)(O)Cc1ccc(COCc2ccccc2)cc1. The van der Waals surface area contributed by atoms with Crippen molar-refractivity contribution < 1.29 is 9.84 Å². The number of rotatable bonds is 6. The molecule has 0 spiro atoms. The molecule has 2 aromatic carbocycles. The van der Waals surface area contributed by atoms with Crippen LogP contribution in [0.1, 0.15) is 30.5 Å². The van der Waals surface area contributed by atoms with Crippen LogP contribution in [0.5, 0.6) is 0 Å². The largest absolute Gasteiger partial charge is 0.390 e. The van der Waals surface area contributed by atoms with E-state index < -0.39 is 5.60 Å². The van der Waals surface area contributed by atoms with Crippen LogP contribution in [0.2, 0.25) is 0 Å². The fraction of sp³-hybridized carbons (Fsp3) is 0.333. The fourth-order valence-electron chi connectivity index (χ4n) is 2.11. The van der Waals surface area contributed by atoms with Crippen molar-refractivity contribution in [1.82, 2.24) is 0 Å². The van der Waals surface area contributed by atoms with Crippen LogP contribution < -0.4 is 0 Å². The van der Waals surface area contributed by atoms with Gasteiger partial charge in [-0.25, -0.2) is 0 Å².